The van der Waals surface area contributed by atoms with Crippen molar-refractivity contribution in [3.63, 3.8) is 0 Å². The van der Waals surface area contributed by atoms with Crippen LogP contribution in [0.1, 0.15) is 20.8 Å². The molecule has 0 N–H and O–H groups in total. The molecular formula is C24H26O3Si. The Kier molecular flexibility index (Phi) is 5.46. The molecule has 0 aliphatic carbocycles. The smallest absolute Gasteiger partial charge is 0.370 e. The number of hydrogen-bond donors (Lipinski definition) is 0. The lowest BCUT2D eigenvalue weighted by atomic mass is 9.99. The second-order valence-corrected chi connectivity index (χ2v) is 9.23. The zero-order valence-electron chi connectivity index (χ0n) is 16.7. The van der Waals surface area contributed by atoms with Crippen LogP contribution < -0.4 is 5.19 Å². The molecule has 4 aromatic carbocycles. The van der Waals surface area contributed by atoms with Crippen molar-refractivity contribution < 1.29 is 13.3 Å². The van der Waals surface area contributed by atoms with Crippen molar-refractivity contribution in [2.75, 3.05) is 19.8 Å². The molecule has 0 atom stereocenters. The number of fused-ring (bicyclic) bond motifs is 3. The zero-order chi connectivity index (χ0) is 19.6. The molecule has 0 saturated heterocycles. The molecule has 0 fully saturated rings. The van der Waals surface area contributed by atoms with E-state index in [1.165, 1.54) is 21.5 Å². The van der Waals surface area contributed by atoms with Gasteiger partial charge in [0, 0.05) is 25.0 Å². The summed E-state index contributed by atoms with van der Waals surface area (Å²) < 4.78 is 19.0. The van der Waals surface area contributed by atoms with Crippen LogP contribution in [0.2, 0.25) is 0 Å². The first-order valence-corrected chi connectivity index (χ1v) is 11.7. The predicted octanol–water partition coefficient (Wildman–Crippen LogP) is 5.40. The van der Waals surface area contributed by atoms with Crippen LogP contribution in [-0.2, 0) is 13.3 Å². The van der Waals surface area contributed by atoms with Crippen molar-refractivity contribution >= 4 is 46.3 Å². The van der Waals surface area contributed by atoms with E-state index < -0.39 is 8.80 Å². The van der Waals surface area contributed by atoms with E-state index in [1.54, 1.807) is 0 Å². The quantitative estimate of drug-likeness (QED) is 0.312. The van der Waals surface area contributed by atoms with E-state index in [1.807, 2.05) is 20.8 Å². The van der Waals surface area contributed by atoms with Gasteiger partial charge in [-0.15, -0.1) is 0 Å². The van der Waals surface area contributed by atoms with Crippen LogP contribution in [0.25, 0.3) is 32.3 Å². The second-order valence-electron chi connectivity index (χ2n) is 6.75. The zero-order valence-corrected chi connectivity index (χ0v) is 17.7. The Hall–Kier alpha value is -2.24. The van der Waals surface area contributed by atoms with E-state index in [4.69, 9.17) is 13.3 Å². The van der Waals surface area contributed by atoms with Gasteiger partial charge in [0.05, 0.1) is 0 Å². The number of rotatable bonds is 7. The topological polar surface area (TPSA) is 27.7 Å². The lowest BCUT2D eigenvalue weighted by Gasteiger charge is -2.31. The Morgan fingerprint density at radius 3 is 1.68 bits per heavy atom. The van der Waals surface area contributed by atoms with E-state index in [0.29, 0.717) is 19.8 Å². The first kappa shape index (κ1) is 19.1. The molecule has 0 heterocycles. The third-order valence-corrected chi connectivity index (χ3v) is 8.19. The average molecular weight is 391 g/mol. The Morgan fingerprint density at radius 2 is 1.07 bits per heavy atom. The van der Waals surface area contributed by atoms with E-state index in [2.05, 4.69) is 66.7 Å². The van der Waals surface area contributed by atoms with Crippen LogP contribution in [-0.4, -0.2) is 28.6 Å². The maximum absolute atomic E-state index is 6.32. The standard InChI is InChI=1S/C24H26O3Si/c1-4-25-28(26-5-2,27-6-3)24-22-14-10-9-13-20(22)16-21-15-18-11-7-8-12-19(18)17-23(21)24/h7-17H,4-6H2,1-3H3. The van der Waals surface area contributed by atoms with Crippen LogP contribution in [0.4, 0.5) is 0 Å². The summed E-state index contributed by atoms with van der Waals surface area (Å²) in [6, 6.07) is 23.7. The molecule has 0 spiro atoms. The molecule has 4 aromatic rings. The first-order valence-electron chi connectivity index (χ1n) is 9.99. The highest BCUT2D eigenvalue weighted by atomic mass is 28.4. The van der Waals surface area contributed by atoms with Gasteiger partial charge in [0.25, 0.3) is 0 Å². The Balaban J connectivity index is 2.16. The molecule has 0 amide bonds. The van der Waals surface area contributed by atoms with E-state index in [0.717, 1.165) is 16.0 Å². The van der Waals surface area contributed by atoms with Gasteiger partial charge in [0.15, 0.2) is 0 Å². The van der Waals surface area contributed by atoms with Gasteiger partial charge >= 0.3 is 8.80 Å². The number of benzene rings is 4. The molecule has 3 nitrogen and oxygen atoms in total. The van der Waals surface area contributed by atoms with Gasteiger partial charge in [-0.25, -0.2) is 0 Å². The molecule has 0 aromatic heterocycles. The van der Waals surface area contributed by atoms with Gasteiger partial charge in [-0.05, 0) is 71.3 Å². The molecular weight excluding hydrogens is 364 g/mol. The molecule has 0 radical (unpaired) electrons. The molecule has 0 aliphatic rings. The third kappa shape index (κ3) is 3.23. The lowest BCUT2D eigenvalue weighted by molar-refractivity contribution is 0.0865. The highest BCUT2D eigenvalue weighted by molar-refractivity contribution is 6.80. The van der Waals surface area contributed by atoms with Crippen molar-refractivity contribution in [2.45, 2.75) is 20.8 Å². The fraction of sp³-hybridized carbons (Fsp3) is 0.250. The molecule has 28 heavy (non-hydrogen) atoms. The normalized spacial score (nSPS) is 12.2. The summed E-state index contributed by atoms with van der Waals surface area (Å²) in [6.45, 7) is 7.65. The molecule has 0 unspecified atom stereocenters. The molecule has 0 bridgehead atoms. The maximum Gasteiger partial charge on any atom is 0.538 e. The van der Waals surface area contributed by atoms with Gasteiger partial charge in [-0.3, -0.25) is 0 Å². The minimum Gasteiger partial charge on any atom is -0.370 e. The Bertz CT molecular complexity index is 1100. The van der Waals surface area contributed by atoms with E-state index >= 15 is 0 Å². The second kappa shape index (κ2) is 8.01. The summed E-state index contributed by atoms with van der Waals surface area (Å²) in [4.78, 5) is 0. The first-order chi connectivity index (χ1) is 13.7. The van der Waals surface area contributed by atoms with Crippen LogP contribution in [0.15, 0.2) is 66.7 Å². The van der Waals surface area contributed by atoms with Crippen molar-refractivity contribution in [3.05, 3.63) is 66.7 Å². The summed E-state index contributed by atoms with van der Waals surface area (Å²) in [6.07, 6.45) is 0. The SMILES string of the molecule is CCO[Si](OCC)(OCC)c1c2ccccc2cc2cc3ccccc3cc12. The van der Waals surface area contributed by atoms with E-state index in [-0.39, 0.29) is 0 Å². The average Bonchev–Trinajstić information content (AvgIpc) is 2.71. The maximum atomic E-state index is 6.32. The highest BCUT2D eigenvalue weighted by Crippen LogP contribution is 2.29. The Labute approximate surface area is 167 Å². The van der Waals surface area contributed by atoms with Gasteiger partial charge in [-0.1, -0.05) is 48.5 Å². The summed E-state index contributed by atoms with van der Waals surface area (Å²) in [7, 11) is -3.09. The molecule has 4 rings (SSSR count). The van der Waals surface area contributed by atoms with E-state index in [9.17, 15) is 0 Å². The predicted molar refractivity (Wildman–Crippen MR) is 119 cm³/mol. The highest BCUT2D eigenvalue weighted by Gasteiger charge is 2.45. The Morgan fingerprint density at radius 1 is 0.571 bits per heavy atom. The van der Waals surface area contributed by atoms with Crippen LogP contribution in [0.3, 0.4) is 0 Å². The van der Waals surface area contributed by atoms with Crippen LogP contribution in [0.5, 0.6) is 0 Å². The number of hydrogen-bond acceptors (Lipinski definition) is 3. The summed E-state index contributed by atoms with van der Waals surface area (Å²) in [5.41, 5.74) is 0. The molecule has 144 valence electrons. The third-order valence-electron chi connectivity index (χ3n) is 5.04. The fourth-order valence-corrected chi connectivity index (χ4v) is 6.93. The summed E-state index contributed by atoms with van der Waals surface area (Å²) >= 11 is 0. The fourth-order valence-electron chi connectivity index (χ4n) is 4.00. The van der Waals surface area contributed by atoms with Crippen LogP contribution in [0, 0.1) is 0 Å². The van der Waals surface area contributed by atoms with Crippen LogP contribution >= 0.6 is 0 Å². The van der Waals surface area contributed by atoms with Gasteiger partial charge in [0.2, 0.25) is 0 Å². The molecule has 4 heteroatoms. The van der Waals surface area contributed by atoms with Gasteiger partial charge < -0.3 is 13.3 Å². The monoisotopic (exact) mass is 390 g/mol. The van der Waals surface area contributed by atoms with Gasteiger partial charge in [0.1, 0.15) is 0 Å². The molecule has 0 saturated carbocycles. The molecule has 0 aliphatic heterocycles. The lowest BCUT2D eigenvalue weighted by Crippen LogP contribution is -2.57. The van der Waals surface area contributed by atoms with Crippen molar-refractivity contribution in [1.82, 2.24) is 0 Å². The van der Waals surface area contributed by atoms with Crippen molar-refractivity contribution in [2.24, 2.45) is 0 Å². The van der Waals surface area contributed by atoms with Crippen molar-refractivity contribution in [1.29, 1.82) is 0 Å². The summed E-state index contributed by atoms with van der Waals surface area (Å²) in [5.74, 6) is 0. The van der Waals surface area contributed by atoms with Gasteiger partial charge in [-0.2, -0.15) is 0 Å². The largest absolute Gasteiger partial charge is 0.538 e. The van der Waals surface area contributed by atoms with Crippen molar-refractivity contribution in [3.8, 4) is 0 Å². The minimum atomic E-state index is -3.09. The minimum absolute atomic E-state index is 0.546. The summed E-state index contributed by atoms with van der Waals surface area (Å²) in [5, 5.41) is 8.18.